The molecule has 5 rings (SSSR count). The maximum Gasteiger partial charge on any atom is 0.119 e. The molecule has 0 saturated heterocycles. The summed E-state index contributed by atoms with van der Waals surface area (Å²) in [6.07, 6.45) is 3.96. The van der Waals surface area contributed by atoms with Crippen LogP contribution in [-0.4, -0.2) is 29.2 Å². The maximum absolute atomic E-state index is 5.91. The summed E-state index contributed by atoms with van der Waals surface area (Å²) < 4.78 is 5.91. The monoisotopic (exact) mass is 405 g/mol. The highest BCUT2D eigenvalue weighted by atomic mass is 35.5. The van der Waals surface area contributed by atoms with Crippen molar-refractivity contribution in [3.8, 4) is 16.9 Å². The van der Waals surface area contributed by atoms with Crippen molar-refractivity contribution in [3.63, 3.8) is 0 Å². The van der Waals surface area contributed by atoms with Crippen molar-refractivity contribution in [1.29, 1.82) is 0 Å². The number of halogens is 1. The lowest BCUT2D eigenvalue weighted by Crippen LogP contribution is -2.33. The number of rotatable bonds is 6. The van der Waals surface area contributed by atoms with Crippen LogP contribution in [0.25, 0.3) is 22.2 Å². The lowest BCUT2D eigenvalue weighted by atomic mass is 10.1. The van der Waals surface area contributed by atoms with Crippen molar-refractivity contribution in [2.45, 2.75) is 18.9 Å². The molecule has 3 aromatic carbocycles. The van der Waals surface area contributed by atoms with Crippen LogP contribution in [0.5, 0.6) is 5.75 Å². The van der Waals surface area contributed by atoms with Gasteiger partial charge in [0, 0.05) is 12.6 Å². The minimum Gasteiger partial charge on any atom is -0.492 e. The molecule has 0 spiro atoms. The van der Waals surface area contributed by atoms with Crippen molar-refractivity contribution in [2.75, 3.05) is 13.2 Å². The van der Waals surface area contributed by atoms with E-state index in [1.54, 1.807) is 6.33 Å². The second kappa shape index (κ2) is 8.68. The van der Waals surface area contributed by atoms with Gasteiger partial charge in [-0.1, -0.05) is 42.5 Å². The first-order chi connectivity index (χ1) is 13.8. The van der Waals surface area contributed by atoms with E-state index >= 15 is 0 Å². The minimum absolute atomic E-state index is 0. The SMILES string of the molecule is Cl.c1ccc2c(c1)CC(NCCOc1ccc(-c3ccc4[nH]cnc4c3)cc1)C2. The summed E-state index contributed by atoms with van der Waals surface area (Å²) >= 11 is 0. The molecule has 0 saturated carbocycles. The van der Waals surface area contributed by atoms with E-state index < -0.39 is 0 Å². The van der Waals surface area contributed by atoms with Gasteiger partial charge in [0.1, 0.15) is 12.4 Å². The summed E-state index contributed by atoms with van der Waals surface area (Å²) in [5, 5.41) is 3.62. The molecule has 5 heteroatoms. The Morgan fingerprint density at radius 2 is 1.66 bits per heavy atom. The van der Waals surface area contributed by atoms with Crippen LogP contribution in [-0.2, 0) is 12.8 Å². The van der Waals surface area contributed by atoms with E-state index in [2.05, 4.69) is 69.9 Å². The van der Waals surface area contributed by atoms with Crippen LogP contribution in [0.2, 0.25) is 0 Å². The number of hydrogen-bond acceptors (Lipinski definition) is 3. The third-order valence-electron chi connectivity index (χ3n) is 5.46. The van der Waals surface area contributed by atoms with Crippen molar-refractivity contribution < 1.29 is 4.74 Å². The summed E-state index contributed by atoms with van der Waals surface area (Å²) in [5.74, 6) is 0.904. The van der Waals surface area contributed by atoms with Crippen LogP contribution in [0.3, 0.4) is 0 Å². The van der Waals surface area contributed by atoms with Gasteiger partial charge in [0.2, 0.25) is 0 Å². The van der Waals surface area contributed by atoms with Crippen molar-refractivity contribution in [3.05, 3.63) is 84.2 Å². The number of fused-ring (bicyclic) bond motifs is 2. The van der Waals surface area contributed by atoms with Gasteiger partial charge in [0.25, 0.3) is 0 Å². The molecule has 0 amide bonds. The van der Waals surface area contributed by atoms with Gasteiger partial charge in [-0.05, 0) is 59.4 Å². The Morgan fingerprint density at radius 1 is 0.931 bits per heavy atom. The fourth-order valence-corrected chi connectivity index (χ4v) is 3.99. The standard InChI is InChI=1S/C24H23N3O.ClH/c1-2-4-19-14-21(13-18(19)3-1)25-11-12-28-22-8-5-17(6-9-22)20-7-10-23-24(15-20)27-16-26-23;/h1-10,15-16,21,25H,11-14H2,(H,26,27);1H. The average molecular weight is 406 g/mol. The van der Waals surface area contributed by atoms with E-state index in [1.165, 1.54) is 16.7 Å². The number of nitrogens with zero attached hydrogens (tertiary/aromatic N) is 1. The summed E-state index contributed by atoms with van der Waals surface area (Å²) in [5.41, 5.74) is 7.32. The normalized spacial score (nSPS) is 13.2. The van der Waals surface area contributed by atoms with E-state index in [-0.39, 0.29) is 12.4 Å². The highest BCUT2D eigenvalue weighted by molar-refractivity contribution is 5.85. The maximum atomic E-state index is 5.91. The Hall–Kier alpha value is -2.82. The number of aromatic amines is 1. The molecule has 29 heavy (non-hydrogen) atoms. The summed E-state index contributed by atoms with van der Waals surface area (Å²) in [7, 11) is 0. The van der Waals surface area contributed by atoms with E-state index in [1.807, 2.05) is 12.1 Å². The minimum atomic E-state index is 0. The van der Waals surface area contributed by atoms with Gasteiger partial charge in [-0.15, -0.1) is 12.4 Å². The molecule has 0 atom stereocenters. The molecule has 4 nitrogen and oxygen atoms in total. The van der Waals surface area contributed by atoms with E-state index in [4.69, 9.17) is 4.74 Å². The highest BCUT2D eigenvalue weighted by Gasteiger charge is 2.19. The molecular formula is C24H24ClN3O. The number of hydrogen-bond donors (Lipinski definition) is 2. The number of nitrogens with one attached hydrogen (secondary N) is 2. The Kier molecular flexibility index (Phi) is 5.84. The van der Waals surface area contributed by atoms with Crippen LogP contribution in [0.1, 0.15) is 11.1 Å². The van der Waals surface area contributed by atoms with E-state index in [0.717, 1.165) is 41.7 Å². The van der Waals surface area contributed by atoms with Gasteiger partial charge >= 0.3 is 0 Å². The quantitative estimate of drug-likeness (QED) is 0.453. The molecule has 1 heterocycles. The van der Waals surface area contributed by atoms with Gasteiger partial charge in [-0.25, -0.2) is 4.98 Å². The van der Waals surface area contributed by atoms with Crippen molar-refractivity contribution in [1.82, 2.24) is 15.3 Å². The molecule has 1 aliphatic carbocycles. The van der Waals surface area contributed by atoms with Gasteiger partial charge in [0.05, 0.1) is 17.4 Å². The van der Waals surface area contributed by atoms with Crippen LogP contribution >= 0.6 is 12.4 Å². The lowest BCUT2D eigenvalue weighted by molar-refractivity contribution is 0.306. The third kappa shape index (κ3) is 4.29. The fraction of sp³-hybridized carbons (Fsp3) is 0.208. The zero-order chi connectivity index (χ0) is 18.8. The molecule has 2 N–H and O–H groups in total. The Bertz CT molecular complexity index is 1070. The van der Waals surface area contributed by atoms with Crippen LogP contribution in [0, 0.1) is 0 Å². The first kappa shape index (κ1) is 19.5. The highest BCUT2D eigenvalue weighted by Crippen LogP contribution is 2.25. The summed E-state index contributed by atoms with van der Waals surface area (Å²) in [6.45, 7) is 1.53. The van der Waals surface area contributed by atoms with Crippen LogP contribution in [0.15, 0.2) is 73.1 Å². The molecule has 148 valence electrons. The van der Waals surface area contributed by atoms with Gasteiger partial charge in [-0.2, -0.15) is 0 Å². The predicted octanol–water partition coefficient (Wildman–Crippen LogP) is 4.79. The fourth-order valence-electron chi connectivity index (χ4n) is 3.99. The van der Waals surface area contributed by atoms with Gasteiger partial charge < -0.3 is 15.0 Å². The van der Waals surface area contributed by atoms with E-state index in [9.17, 15) is 0 Å². The lowest BCUT2D eigenvalue weighted by Gasteiger charge is -2.13. The first-order valence-electron chi connectivity index (χ1n) is 9.82. The first-order valence-corrected chi connectivity index (χ1v) is 9.82. The smallest absolute Gasteiger partial charge is 0.119 e. The Labute approximate surface area is 176 Å². The molecular weight excluding hydrogens is 382 g/mol. The molecule has 0 fully saturated rings. The Morgan fingerprint density at radius 3 is 2.41 bits per heavy atom. The largest absolute Gasteiger partial charge is 0.492 e. The van der Waals surface area contributed by atoms with Crippen LogP contribution < -0.4 is 10.1 Å². The number of ether oxygens (including phenoxy) is 1. The predicted molar refractivity (Wildman–Crippen MR) is 120 cm³/mol. The third-order valence-corrected chi connectivity index (χ3v) is 5.46. The molecule has 1 aliphatic rings. The zero-order valence-electron chi connectivity index (χ0n) is 16.1. The second-order valence-corrected chi connectivity index (χ2v) is 7.34. The number of benzene rings is 3. The zero-order valence-corrected chi connectivity index (χ0v) is 16.9. The number of aromatic nitrogens is 2. The number of imidazole rings is 1. The number of H-pyrrole nitrogens is 1. The van der Waals surface area contributed by atoms with Gasteiger partial charge in [-0.3, -0.25) is 0 Å². The van der Waals surface area contributed by atoms with Crippen molar-refractivity contribution in [2.24, 2.45) is 0 Å². The molecule has 0 bridgehead atoms. The summed E-state index contributed by atoms with van der Waals surface area (Å²) in [4.78, 5) is 7.46. The molecule has 1 aromatic heterocycles. The topological polar surface area (TPSA) is 49.9 Å². The van der Waals surface area contributed by atoms with E-state index in [0.29, 0.717) is 12.6 Å². The molecule has 0 unspecified atom stereocenters. The molecule has 4 aromatic rings. The van der Waals surface area contributed by atoms with Crippen LogP contribution in [0.4, 0.5) is 0 Å². The second-order valence-electron chi connectivity index (χ2n) is 7.34. The summed E-state index contributed by atoms with van der Waals surface area (Å²) in [6, 6.07) is 23.8. The Balaban J connectivity index is 0.00000205. The van der Waals surface area contributed by atoms with Crippen molar-refractivity contribution >= 4 is 23.4 Å². The average Bonchev–Trinajstić information content (AvgIpc) is 3.37. The molecule has 0 aliphatic heterocycles. The van der Waals surface area contributed by atoms with Gasteiger partial charge in [0.15, 0.2) is 0 Å². The molecule has 0 radical (unpaired) electrons.